The number of fused-ring (bicyclic) bond motifs is 1. The molecule has 2 amide bonds. The summed E-state index contributed by atoms with van der Waals surface area (Å²) in [5, 5.41) is -0.00753. The van der Waals surface area contributed by atoms with E-state index in [9.17, 15) is 9.59 Å². The maximum atomic E-state index is 12.7. The quantitative estimate of drug-likeness (QED) is 0.774. The predicted molar refractivity (Wildman–Crippen MR) is 93.5 cm³/mol. The number of imide groups is 1. The molecule has 116 valence electrons. The van der Waals surface area contributed by atoms with E-state index in [0.717, 1.165) is 10.5 Å². The highest BCUT2D eigenvalue weighted by molar-refractivity contribution is 7.99. The van der Waals surface area contributed by atoms with Crippen LogP contribution in [0.25, 0.3) is 0 Å². The summed E-state index contributed by atoms with van der Waals surface area (Å²) in [6.45, 7) is 5.55. The van der Waals surface area contributed by atoms with E-state index in [-0.39, 0.29) is 23.5 Å². The molecule has 3 nitrogen and oxygen atoms in total. The van der Waals surface area contributed by atoms with E-state index < -0.39 is 0 Å². The van der Waals surface area contributed by atoms with Crippen LogP contribution >= 0.6 is 11.8 Å². The van der Waals surface area contributed by atoms with E-state index in [0.29, 0.717) is 5.69 Å². The van der Waals surface area contributed by atoms with Gasteiger partial charge >= 0.3 is 0 Å². The summed E-state index contributed by atoms with van der Waals surface area (Å²) in [6.07, 6.45) is 1.47. The molecule has 1 aliphatic heterocycles. The zero-order valence-corrected chi connectivity index (χ0v) is 13.7. The average molecular weight is 323 g/mol. The first-order valence-corrected chi connectivity index (χ1v) is 8.29. The van der Waals surface area contributed by atoms with Crippen LogP contribution in [-0.2, 0) is 9.59 Å². The minimum atomic E-state index is -0.382. The minimum Gasteiger partial charge on any atom is -0.274 e. The number of carbonyl (C=O) groups is 2. The first kappa shape index (κ1) is 15.6. The fourth-order valence-corrected chi connectivity index (χ4v) is 3.88. The standard InChI is InChI=1S/C19H17NO2S/c1-3-18(21)20-15-6-4-5-7-16(15)23-17(12-19(20)22)14-10-8-13(2)9-11-14/h3-11,17H,1,12H2,2H3. The lowest BCUT2D eigenvalue weighted by atomic mass is 10.1. The zero-order chi connectivity index (χ0) is 16.4. The van der Waals surface area contributed by atoms with Crippen molar-refractivity contribution >= 4 is 29.3 Å². The van der Waals surface area contributed by atoms with E-state index in [1.165, 1.54) is 16.5 Å². The summed E-state index contributed by atoms with van der Waals surface area (Å²) >= 11 is 1.62. The Morgan fingerprint density at radius 2 is 1.91 bits per heavy atom. The van der Waals surface area contributed by atoms with Crippen molar-refractivity contribution in [3.8, 4) is 0 Å². The van der Waals surface area contributed by atoms with Crippen LogP contribution in [0.15, 0.2) is 66.1 Å². The maximum absolute atomic E-state index is 12.7. The monoisotopic (exact) mass is 323 g/mol. The van der Waals surface area contributed by atoms with Gasteiger partial charge in [-0.1, -0.05) is 48.5 Å². The summed E-state index contributed by atoms with van der Waals surface area (Å²) in [7, 11) is 0. The minimum absolute atomic E-state index is 0.00753. The highest BCUT2D eigenvalue weighted by atomic mass is 32.2. The fourth-order valence-electron chi connectivity index (χ4n) is 2.62. The average Bonchev–Trinajstić information content (AvgIpc) is 2.70. The van der Waals surface area contributed by atoms with Crippen molar-refractivity contribution in [3.05, 3.63) is 72.3 Å². The van der Waals surface area contributed by atoms with E-state index in [2.05, 4.69) is 6.58 Å². The van der Waals surface area contributed by atoms with Gasteiger partial charge < -0.3 is 0 Å². The molecule has 1 heterocycles. The maximum Gasteiger partial charge on any atom is 0.257 e. The Bertz CT molecular complexity index is 767. The number of anilines is 1. The molecule has 2 aromatic carbocycles. The molecule has 0 saturated heterocycles. The smallest absolute Gasteiger partial charge is 0.257 e. The Kier molecular flexibility index (Phi) is 4.35. The van der Waals surface area contributed by atoms with Gasteiger partial charge in [-0.15, -0.1) is 11.8 Å². The second-order valence-electron chi connectivity index (χ2n) is 5.46. The third kappa shape index (κ3) is 3.08. The normalized spacial score (nSPS) is 17.3. The van der Waals surface area contributed by atoms with Crippen LogP contribution in [0.2, 0.25) is 0 Å². The second kappa shape index (κ2) is 6.42. The van der Waals surface area contributed by atoms with Gasteiger partial charge in [0.2, 0.25) is 5.91 Å². The predicted octanol–water partition coefficient (Wildman–Crippen LogP) is 4.28. The molecule has 23 heavy (non-hydrogen) atoms. The van der Waals surface area contributed by atoms with Gasteiger partial charge in [0.25, 0.3) is 5.91 Å². The number of para-hydroxylation sites is 1. The molecule has 1 aliphatic rings. The SMILES string of the molecule is C=CC(=O)N1C(=O)CC(c2ccc(C)cc2)Sc2ccccc21. The molecule has 0 aliphatic carbocycles. The molecule has 1 atom stereocenters. The molecule has 3 rings (SSSR count). The topological polar surface area (TPSA) is 37.4 Å². The molecule has 1 unspecified atom stereocenters. The zero-order valence-electron chi connectivity index (χ0n) is 12.9. The number of hydrogen-bond donors (Lipinski definition) is 0. The molecule has 0 saturated carbocycles. The van der Waals surface area contributed by atoms with Crippen LogP contribution < -0.4 is 4.90 Å². The van der Waals surface area contributed by atoms with Gasteiger partial charge in [0.05, 0.1) is 5.69 Å². The van der Waals surface area contributed by atoms with E-state index in [1.807, 2.05) is 49.4 Å². The van der Waals surface area contributed by atoms with Crippen molar-refractivity contribution < 1.29 is 9.59 Å². The molecule has 0 N–H and O–H groups in total. The molecular weight excluding hydrogens is 306 g/mol. The first-order valence-electron chi connectivity index (χ1n) is 7.42. The van der Waals surface area contributed by atoms with Crippen LogP contribution in [0.1, 0.15) is 22.8 Å². The van der Waals surface area contributed by atoms with Crippen LogP contribution in [0.4, 0.5) is 5.69 Å². The van der Waals surface area contributed by atoms with Crippen LogP contribution in [-0.4, -0.2) is 11.8 Å². The highest BCUT2D eigenvalue weighted by Gasteiger charge is 2.31. The first-order chi connectivity index (χ1) is 11.1. The summed E-state index contributed by atoms with van der Waals surface area (Å²) < 4.78 is 0. The van der Waals surface area contributed by atoms with E-state index in [4.69, 9.17) is 0 Å². The number of thioether (sulfide) groups is 1. The van der Waals surface area contributed by atoms with Crippen LogP contribution in [0, 0.1) is 6.92 Å². The van der Waals surface area contributed by atoms with E-state index in [1.54, 1.807) is 17.8 Å². The Morgan fingerprint density at radius 3 is 2.61 bits per heavy atom. The van der Waals surface area contributed by atoms with Crippen molar-refractivity contribution in [1.82, 2.24) is 0 Å². The van der Waals surface area contributed by atoms with Crippen LogP contribution in [0.5, 0.6) is 0 Å². The Hall–Kier alpha value is -2.33. The molecule has 0 bridgehead atoms. The number of aryl methyl sites for hydroxylation is 1. The van der Waals surface area contributed by atoms with Gasteiger partial charge in [0, 0.05) is 16.6 Å². The highest BCUT2D eigenvalue weighted by Crippen LogP contribution is 2.45. The number of amides is 2. The summed E-state index contributed by atoms with van der Waals surface area (Å²) in [6, 6.07) is 15.7. The molecule has 2 aromatic rings. The molecular formula is C19H17NO2S. The van der Waals surface area contributed by atoms with Gasteiger partial charge in [-0.3, -0.25) is 9.59 Å². The third-order valence-corrected chi connectivity index (χ3v) is 5.15. The second-order valence-corrected chi connectivity index (χ2v) is 6.71. The lowest BCUT2D eigenvalue weighted by Gasteiger charge is -2.18. The molecule has 0 aromatic heterocycles. The molecule has 0 fully saturated rings. The third-order valence-electron chi connectivity index (χ3n) is 3.83. The number of carbonyl (C=O) groups excluding carboxylic acids is 2. The Labute approximate surface area is 140 Å². The molecule has 0 spiro atoms. The van der Waals surface area contributed by atoms with Crippen molar-refractivity contribution in [2.45, 2.75) is 23.5 Å². The lowest BCUT2D eigenvalue weighted by molar-refractivity contribution is -0.124. The van der Waals surface area contributed by atoms with E-state index >= 15 is 0 Å². The van der Waals surface area contributed by atoms with Gasteiger partial charge in [0.1, 0.15) is 0 Å². The summed E-state index contributed by atoms with van der Waals surface area (Å²) in [4.78, 5) is 27.0. The van der Waals surface area contributed by atoms with Gasteiger partial charge in [0.15, 0.2) is 0 Å². The van der Waals surface area contributed by atoms with Crippen molar-refractivity contribution in [3.63, 3.8) is 0 Å². The lowest BCUT2D eigenvalue weighted by Crippen LogP contribution is -2.35. The van der Waals surface area contributed by atoms with Crippen molar-refractivity contribution in [2.75, 3.05) is 4.90 Å². The number of nitrogens with zero attached hydrogens (tertiary/aromatic N) is 1. The van der Waals surface area contributed by atoms with Crippen molar-refractivity contribution in [2.24, 2.45) is 0 Å². The number of hydrogen-bond acceptors (Lipinski definition) is 3. The summed E-state index contributed by atoms with van der Waals surface area (Å²) in [5.41, 5.74) is 2.92. The van der Waals surface area contributed by atoms with Gasteiger partial charge in [-0.05, 0) is 30.7 Å². The Balaban J connectivity index is 2.04. The van der Waals surface area contributed by atoms with Gasteiger partial charge in [-0.2, -0.15) is 0 Å². The molecule has 0 radical (unpaired) electrons. The number of rotatable bonds is 2. The fraction of sp³-hybridized carbons (Fsp3) is 0.158. The largest absolute Gasteiger partial charge is 0.274 e. The van der Waals surface area contributed by atoms with Crippen LogP contribution in [0.3, 0.4) is 0 Å². The van der Waals surface area contributed by atoms with Crippen molar-refractivity contribution in [1.29, 1.82) is 0 Å². The molecule has 4 heteroatoms. The number of benzene rings is 2. The summed E-state index contributed by atoms with van der Waals surface area (Å²) in [5.74, 6) is -0.578. The van der Waals surface area contributed by atoms with Gasteiger partial charge in [-0.25, -0.2) is 4.90 Å². The Morgan fingerprint density at radius 1 is 1.22 bits per heavy atom.